The van der Waals surface area contributed by atoms with Gasteiger partial charge in [-0.25, -0.2) is 0 Å². The Labute approximate surface area is 89.4 Å². The predicted octanol–water partition coefficient (Wildman–Crippen LogP) is 2.80. The van der Waals surface area contributed by atoms with Crippen molar-refractivity contribution in [1.82, 2.24) is 0 Å². The van der Waals surface area contributed by atoms with Gasteiger partial charge in [-0.05, 0) is 31.9 Å². The van der Waals surface area contributed by atoms with E-state index in [0.717, 1.165) is 0 Å². The molecule has 0 aromatic rings. The Morgan fingerprint density at radius 1 is 1.29 bits per heavy atom. The van der Waals surface area contributed by atoms with Crippen LogP contribution in [0.4, 0.5) is 0 Å². The first-order valence-corrected chi connectivity index (χ1v) is 6.58. The molecule has 0 rings (SSSR count). The van der Waals surface area contributed by atoms with Crippen molar-refractivity contribution in [3.05, 3.63) is 0 Å². The van der Waals surface area contributed by atoms with Gasteiger partial charge in [0.2, 0.25) is 5.24 Å². The molecule has 84 valence electrons. The van der Waals surface area contributed by atoms with Crippen LogP contribution in [0.5, 0.6) is 0 Å². The Bertz CT molecular complexity index is 221. The number of hydrogen-bond donors (Lipinski definition) is 0. The van der Waals surface area contributed by atoms with Gasteiger partial charge in [0.05, 0.1) is 13.2 Å². The molecule has 0 radical (unpaired) electrons. The lowest BCUT2D eigenvalue weighted by molar-refractivity contribution is -0.111. The summed E-state index contributed by atoms with van der Waals surface area (Å²) in [4.78, 5) is 11.0. The number of rotatable bonds is 7. The fourth-order valence-corrected chi connectivity index (χ4v) is 3.45. The van der Waals surface area contributed by atoms with Crippen LogP contribution >= 0.6 is 19.2 Å². The quantitative estimate of drug-likeness (QED) is 0.509. The van der Waals surface area contributed by atoms with Gasteiger partial charge >= 0.3 is 7.60 Å². The molecular weight excluding hydrogens is 227 g/mol. The third-order valence-electron chi connectivity index (χ3n) is 1.65. The Kier molecular flexibility index (Phi) is 6.62. The van der Waals surface area contributed by atoms with Crippen LogP contribution in [-0.2, 0) is 18.4 Å². The first-order chi connectivity index (χ1) is 6.51. The molecule has 0 bridgehead atoms. The number of halogens is 1. The molecule has 4 nitrogen and oxygen atoms in total. The second-order valence-corrected chi connectivity index (χ2v) is 5.20. The van der Waals surface area contributed by atoms with Crippen LogP contribution in [0.25, 0.3) is 0 Å². The SMILES string of the molecule is CCOP(=O)(OCC)C(CC)C(=O)Cl. The highest BCUT2D eigenvalue weighted by Crippen LogP contribution is 2.54. The molecule has 14 heavy (non-hydrogen) atoms. The fraction of sp³-hybridized carbons (Fsp3) is 0.875. The average molecular weight is 243 g/mol. The van der Waals surface area contributed by atoms with Gasteiger partial charge in [0.1, 0.15) is 5.66 Å². The maximum Gasteiger partial charge on any atom is 0.342 e. The van der Waals surface area contributed by atoms with E-state index in [1.807, 2.05) is 0 Å². The smallest absolute Gasteiger partial charge is 0.308 e. The average Bonchev–Trinajstić information content (AvgIpc) is 2.04. The summed E-state index contributed by atoms with van der Waals surface area (Å²) in [5.74, 6) is 0. The maximum absolute atomic E-state index is 12.0. The normalized spacial score (nSPS) is 14.0. The van der Waals surface area contributed by atoms with Crippen molar-refractivity contribution in [2.45, 2.75) is 32.9 Å². The molecule has 0 N–H and O–H groups in total. The van der Waals surface area contributed by atoms with E-state index >= 15 is 0 Å². The maximum atomic E-state index is 12.0. The van der Waals surface area contributed by atoms with Gasteiger partial charge in [0.15, 0.2) is 0 Å². The van der Waals surface area contributed by atoms with Gasteiger partial charge in [-0.2, -0.15) is 0 Å². The molecule has 0 aliphatic rings. The fourth-order valence-electron chi connectivity index (χ4n) is 1.09. The van der Waals surface area contributed by atoms with Gasteiger partial charge in [-0.3, -0.25) is 9.36 Å². The Balaban J connectivity index is 4.76. The molecule has 0 amide bonds. The molecule has 0 saturated carbocycles. The van der Waals surface area contributed by atoms with Crippen LogP contribution in [0.1, 0.15) is 27.2 Å². The monoisotopic (exact) mass is 242 g/mol. The van der Waals surface area contributed by atoms with E-state index in [2.05, 4.69) is 0 Å². The topological polar surface area (TPSA) is 52.6 Å². The summed E-state index contributed by atoms with van der Waals surface area (Å²) in [6, 6.07) is 0. The van der Waals surface area contributed by atoms with Crippen LogP contribution in [0, 0.1) is 0 Å². The van der Waals surface area contributed by atoms with Crippen molar-refractivity contribution in [2.75, 3.05) is 13.2 Å². The largest absolute Gasteiger partial charge is 0.342 e. The van der Waals surface area contributed by atoms with E-state index in [1.54, 1.807) is 20.8 Å². The van der Waals surface area contributed by atoms with Crippen LogP contribution in [0.2, 0.25) is 0 Å². The zero-order chi connectivity index (χ0) is 11.2. The highest BCUT2D eigenvalue weighted by Gasteiger charge is 2.38. The predicted molar refractivity (Wildman–Crippen MR) is 55.8 cm³/mol. The Morgan fingerprint density at radius 2 is 1.71 bits per heavy atom. The Hall–Kier alpha value is 0.110. The number of carbonyl (C=O) groups is 1. The molecular formula is C8H16ClO4P. The molecule has 0 spiro atoms. The summed E-state index contributed by atoms with van der Waals surface area (Å²) in [5, 5.41) is -0.669. The van der Waals surface area contributed by atoms with Gasteiger partial charge in [0, 0.05) is 0 Å². The first-order valence-electron chi connectivity index (χ1n) is 4.59. The molecule has 0 aliphatic heterocycles. The van der Waals surface area contributed by atoms with Gasteiger partial charge in [0.25, 0.3) is 0 Å². The van der Waals surface area contributed by atoms with Crippen molar-refractivity contribution in [1.29, 1.82) is 0 Å². The summed E-state index contributed by atoms with van der Waals surface area (Å²) < 4.78 is 22.1. The highest BCUT2D eigenvalue weighted by atomic mass is 35.5. The second kappa shape index (κ2) is 6.57. The third-order valence-corrected chi connectivity index (χ3v) is 4.66. The minimum Gasteiger partial charge on any atom is -0.308 e. The molecule has 0 heterocycles. The zero-order valence-corrected chi connectivity index (χ0v) is 10.3. The number of hydrogen-bond acceptors (Lipinski definition) is 4. The van der Waals surface area contributed by atoms with Crippen LogP contribution in [0.3, 0.4) is 0 Å². The minimum absolute atomic E-state index is 0.234. The molecule has 6 heteroatoms. The standard InChI is InChI=1S/C8H16ClO4P/c1-4-7(8(9)10)14(11,12-5-2)13-6-3/h7H,4-6H2,1-3H3. The van der Waals surface area contributed by atoms with E-state index in [4.69, 9.17) is 20.6 Å². The van der Waals surface area contributed by atoms with Crippen LogP contribution in [0.15, 0.2) is 0 Å². The van der Waals surface area contributed by atoms with Crippen molar-refractivity contribution in [3.8, 4) is 0 Å². The summed E-state index contributed by atoms with van der Waals surface area (Å²) in [6.45, 7) is 5.57. The van der Waals surface area contributed by atoms with E-state index in [0.29, 0.717) is 6.42 Å². The lowest BCUT2D eigenvalue weighted by Gasteiger charge is -2.22. The van der Waals surface area contributed by atoms with Gasteiger partial charge < -0.3 is 9.05 Å². The lowest BCUT2D eigenvalue weighted by Crippen LogP contribution is -2.18. The Morgan fingerprint density at radius 3 is 1.93 bits per heavy atom. The van der Waals surface area contributed by atoms with Crippen LogP contribution in [-0.4, -0.2) is 24.1 Å². The molecule has 0 aliphatic carbocycles. The van der Waals surface area contributed by atoms with E-state index < -0.39 is 18.5 Å². The van der Waals surface area contributed by atoms with Crippen molar-refractivity contribution in [2.24, 2.45) is 0 Å². The lowest BCUT2D eigenvalue weighted by atomic mass is 10.4. The van der Waals surface area contributed by atoms with Crippen molar-refractivity contribution >= 4 is 24.4 Å². The summed E-state index contributed by atoms with van der Waals surface area (Å²) >= 11 is 5.33. The van der Waals surface area contributed by atoms with Gasteiger partial charge in [-0.15, -0.1) is 0 Å². The van der Waals surface area contributed by atoms with E-state index in [1.165, 1.54) is 0 Å². The summed E-state index contributed by atoms with van der Waals surface area (Å²) in [6.07, 6.45) is 0.347. The van der Waals surface area contributed by atoms with Crippen molar-refractivity contribution < 1.29 is 18.4 Å². The molecule has 0 saturated heterocycles. The third kappa shape index (κ3) is 3.70. The minimum atomic E-state index is -3.37. The zero-order valence-electron chi connectivity index (χ0n) is 8.66. The van der Waals surface area contributed by atoms with Gasteiger partial charge in [-0.1, -0.05) is 6.92 Å². The molecule has 1 atom stereocenters. The van der Waals surface area contributed by atoms with Crippen molar-refractivity contribution in [3.63, 3.8) is 0 Å². The highest BCUT2D eigenvalue weighted by molar-refractivity contribution is 7.56. The molecule has 1 unspecified atom stereocenters. The van der Waals surface area contributed by atoms with Crippen LogP contribution < -0.4 is 0 Å². The second-order valence-electron chi connectivity index (χ2n) is 2.60. The molecule has 0 aromatic heterocycles. The molecule has 0 fully saturated rings. The van der Waals surface area contributed by atoms with E-state index in [-0.39, 0.29) is 13.2 Å². The summed E-state index contributed by atoms with van der Waals surface area (Å²) in [5.41, 5.74) is -0.857. The molecule has 0 aromatic carbocycles. The van der Waals surface area contributed by atoms with E-state index in [9.17, 15) is 9.36 Å². The number of carbonyl (C=O) groups excluding carboxylic acids is 1. The summed E-state index contributed by atoms with van der Waals surface area (Å²) in [7, 11) is -3.37. The first kappa shape index (κ1) is 14.1.